The largest absolute Gasteiger partial charge is 0.493 e. The van der Waals surface area contributed by atoms with Gasteiger partial charge in [-0.15, -0.1) is 0 Å². The zero-order valence-corrected chi connectivity index (χ0v) is 21.0. The zero-order chi connectivity index (χ0) is 25.1. The second-order valence-corrected chi connectivity index (χ2v) is 8.57. The fourth-order valence-electron chi connectivity index (χ4n) is 4.39. The fraction of sp³-hybridized carbons (Fsp3) is 0.481. The maximum absolute atomic E-state index is 11.3. The van der Waals surface area contributed by atoms with Crippen LogP contribution in [-0.2, 0) is 16.6 Å². The molecule has 1 amide bonds. The van der Waals surface area contributed by atoms with E-state index < -0.39 is 5.41 Å². The second kappa shape index (κ2) is 12.7. The molecular formula is C27H36N2O5. The van der Waals surface area contributed by atoms with Crippen molar-refractivity contribution in [3.8, 4) is 29.1 Å². The third-order valence-corrected chi connectivity index (χ3v) is 6.44. The molecule has 0 saturated carbocycles. The Morgan fingerprint density at radius 1 is 0.941 bits per heavy atom. The van der Waals surface area contributed by atoms with Gasteiger partial charge in [0.2, 0.25) is 6.41 Å². The molecule has 2 aromatic rings. The zero-order valence-electron chi connectivity index (χ0n) is 21.0. The van der Waals surface area contributed by atoms with E-state index in [1.807, 2.05) is 36.4 Å². The van der Waals surface area contributed by atoms with Crippen molar-refractivity contribution in [1.82, 2.24) is 5.32 Å². The first kappa shape index (κ1) is 26.8. The van der Waals surface area contributed by atoms with Gasteiger partial charge in [0.25, 0.3) is 0 Å². The minimum atomic E-state index is -0.686. The lowest BCUT2D eigenvalue weighted by atomic mass is 9.69. The summed E-state index contributed by atoms with van der Waals surface area (Å²) in [6.07, 6.45) is 3.53. The summed E-state index contributed by atoms with van der Waals surface area (Å²) in [6.45, 7) is 4.12. The number of methoxy groups -OCH3 is 4. The second-order valence-electron chi connectivity index (χ2n) is 8.57. The van der Waals surface area contributed by atoms with Crippen molar-refractivity contribution in [2.75, 3.05) is 28.4 Å². The van der Waals surface area contributed by atoms with Crippen molar-refractivity contribution >= 4 is 6.41 Å². The molecule has 34 heavy (non-hydrogen) atoms. The van der Waals surface area contributed by atoms with Crippen LogP contribution in [0.5, 0.6) is 23.0 Å². The van der Waals surface area contributed by atoms with Gasteiger partial charge in [0.1, 0.15) is 0 Å². The third-order valence-electron chi connectivity index (χ3n) is 6.44. The van der Waals surface area contributed by atoms with E-state index in [1.165, 1.54) is 0 Å². The summed E-state index contributed by atoms with van der Waals surface area (Å²) in [5.41, 5.74) is 1.25. The van der Waals surface area contributed by atoms with Crippen LogP contribution >= 0.6 is 0 Å². The number of benzene rings is 2. The van der Waals surface area contributed by atoms with Crippen LogP contribution in [0.15, 0.2) is 36.4 Å². The van der Waals surface area contributed by atoms with Crippen molar-refractivity contribution in [2.24, 2.45) is 5.92 Å². The molecule has 2 atom stereocenters. The van der Waals surface area contributed by atoms with Crippen molar-refractivity contribution < 1.29 is 23.7 Å². The Morgan fingerprint density at radius 3 is 2.06 bits per heavy atom. The smallest absolute Gasteiger partial charge is 0.207 e. The molecule has 0 aliphatic rings. The van der Waals surface area contributed by atoms with E-state index in [0.717, 1.165) is 30.4 Å². The van der Waals surface area contributed by atoms with Crippen LogP contribution < -0.4 is 24.3 Å². The summed E-state index contributed by atoms with van der Waals surface area (Å²) in [6, 6.07) is 14.0. The third kappa shape index (κ3) is 6.13. The number of carbonyl (C=O) groups excluding carboxylic acids is 1. The number of nitrogens with one attached hydrogen (secondary N) is 1. The Labute approximate surface area is 203 Å². The monoisotopic (exact) mass is 468 g/mol. The van der Waals surface area contributed by atoms with E-state index in [2.05, 4.69) is 25.2 Å². The Balaban J connectivity index is 2.19. The molecule has 0 aliphatic heterocycles. The maximum Gasteiger partial charge on any atom is 0.207 e. The predicted octanol–water partition coefficient (Wildman–Crippen LogP) is 4.67. The average Bonchev–Trinajstić information content (AvgIpc) is 2.86. The lowest BCUT2D eigenvalue weighted by Gasteiger charge is -2.32. The molecule has 1 N–H and O–H groups in total. The standard InChI is InChI=1S/C27H36N2O5/c1-19(2)27(17-28,21-10-12-24(32-4)26(16-21)34-6)13-7-8-22(29-18-30)14-20-9-11-23(31-3)25(15-20)33-5/h9-12,15-16,18-19,22H,7-8,13-14H2,1-6H3,(H,29,30)/t22-,27+/m1/s1. The molecule has 0 aliphatic carbocycles. The summed E-state index contributed by atoms with van der Waals surface area (Å²) >= 11 is 0. The lowest BCUT2D eigenvalue weighted by molar-refractivity contribution is -0.110. The predicted molar refractivity (Wildman–Crippen MR) is 132 cm³/mol. The molecule has 0 heterocycles. The van der Waals surface area contributed by atoms with Gasteiger partial charge < -0.3 is 24.3 Å². The fourth-order valence-corrected chi connectivity index (χ4v) is 4.39. The van der Waals surface area contributed by atoms with Gasteiger partial charge in [-0.05, 0) is 67.0 Å². The highest BCUT2D eigenvalue weighted by atomic mass is 16.5. The van der Waals surface area contributed by atoms with Gasteiger partial charge in [-0.3, -0.25) is 4.79 Å². The number of rotatable bonds is 14. The molecule has 2 aromatic carbocycles. The highest BCUT2D eigenvalue weighted by Gasteiger charge is 2.36. The summed E-state index contributed by atoms with van der Waals surface area (Å²) in [5.74, 6) is 2.64. The summed E-state index contributed by atoms with van der Waals surface area (Å²) in [7, 11) is 6.39. The quantitative estimate of drug-likeness (QED) is 0.406. The molecule has 0 bridgehead atoms. The van der Waals surface area contributed by atoms with Gasteiger partial charge in [-0.2, -0.15) is 5.26 Å². The molecular weight excluding hydrogens is 432 g/mol. The van der Waals surface area contributed by atoms with E-state index in [0.29, 0.717) is 35.8 Å². The van der Waals surface area contributed by atoms with Gasteiger partial charge in [0.05, 0.1) is 39.9 Å². The molecule has 7 nitrogen and oxygen atoms in total. The summed E-state index contributed by atoms with van der Waals surface area (Å²) in [5, 5.41) is 13.2. The van der Waals surface area contributed by atoms with Crippen LogP contribution in [0.4, 0.5) is 0 Å². The molecule has 0 aromatic heterocycles. The van der Waals surface area contributed by atoms with Gasteiger partial charge in [-0.25, -0.2) is 0 Å². The minimum absolute atomic E-state index is 0.0652. The molecule has 0 radical (unpaired) electrons. The van der Waals surface area contributed by atoms with Crippen LogP contribution in [0.3, 0.4) is 0 Å². The molecule has 0 spiro atoms. The number of nitrogens with zero attached hydrogens (tertiary/aromatic N) is 1. The Bertz CT molecular complexity index is 985. The van der Waals surface area contributed by atoms with Crippen molar-refractivity contribution in [1.29, 1.82) is 5.26 Å². The Kier molecular flexibility index (Phi) is 10.1. The van der Waals surface area contributed by atoms with E-state index in [4.69, 9.17) is 18.9 Å². The van der Waals surface area contributed by atoms with Crippen molar-refractivity contribution in [3.63, 3.8) is 0 Å². The first-order chi connectivity index (χ1) is 16.4. The summed E-state index contributed by atoms with van der Waals surface area (Å²) in [4.78, 5) is 11.3. The molecule has 7 heteroatoms. The Morgan fingerprint density at radius 2 is 1.53 bits per heavy atom. The van der Waals surface area contributed by atoms with Gasteiger partial charge in [-0.1, -0.05) is 26.0 Å². The lowest BCUT2D eigenvalue weighted by Crippen LogP contribution is -2.33. The molecule has 184 valence electrons. The van der Waals surface area contributed by atoms with Gasteiger partial charge in [0, 0.05) is 6.04 Å². The molecule has 0 fully saturated rings. The van der Waals surface area contributed by atoms with Crippen LogP contribution in [-0.4, -0.2) is 40.9 Å². The number of ether oxygens (including phenoxy) is 4. The summed E-state index contributed by atoms with van der Waals surface area (Å²) < 4.78 is 21.5. The van der Waals surface area contributed by atoms with Crippen LogP contribution in [0.2, 0.25) is 0 Å². The number of nitriles is 1. The van der Waals surface area contributed by atoms with Crippen LogP contribution in [0.1, 0.15) is 44.2 Å². The van der Waals surface area contributed by atoms with Gasteiger partial charge in [0.15, 0.2) is 23.0 Å². The topological polar surface area (TPSA) is 89.8 Å². The number of hydrogen-bond donors (Lipinski definition) is 1. The number of hydrogen-bond acceptors (Lipinski definition) is 6. The van der Waals surface area contributed by atoms with E-state index in [9.17, 15) is 10.1 Å². The first-order valence-electron chi connectivity index (χ1n) is 11.4. The highest BCUT2D eigenvalue weighted by molar-refractivity contribution is 5.48. The van der Waals surface area contributed by atoms with Crippen LogP contribution in [0.25, 0.3) is 0 Å². The van der Waals surface area contributed by atoms with E-state index >= 15 is 0 Å². The van der Waals surface area contributed by atoms with Gasteiger partial charge >= 0.3 is 0 Å². The maximum atomic E-state index is 11.3. The first-order valence-corrected chi connectivity index (χ1v) is 11.4. The number of carbonyl (C=O) groups is 1. The highest BCUT2D eigenvalue weighted by Crippen LogP contribution is 2.41. The normalized spacial score (nSPS) is 13.4. The van der Waals surface area contributed by atoms with E-state index in [1.54, 1.807) is 28.4 Å². The average molecular weight is 469 g/mol. The van der Waals surface area contributed by atoms with Crippen molar-refractivity contribution in [2.45, 2.75) is 51.0 Å². The van der Waals surface area contributed by atoms with E-state index in [-0.39, 0.29) is 12.0 Å². The molecule has 0 unspecified atom stereocenters. The molecule has 0 saturated heterocycles. The SMILES string of the molecule is COc1ccc(C[C@@H](CCC[C@@](C#N)(c2ccc(OC)c(OC)c2)C(C)C)NC=O)cc1OC. The Hall–Kier alpha value is -3.40. The minimum Gasteiger partial charge on any atom is -0.493 e. The molecule has 2 rings (SSSR count). The van der Waals surface area contributed by atoms with Crippen molar-refractivity contribution in [3.05, 3.63) is 47.5 Å². The number of amides is 1. The van der Waals surface area contributed by atoms with Crippen LogP contribution in [0, 0.1) is 17.2 Å².